The predicted molar refractivity (Wildman–Crippen MR) is 69.1 cm³/mol. The highest BCUT2D eigenvalue weighted by Crippen LogP contribution is 2.31. The van der Waals surface area contributed by atoms with Gasteiger partial charge in [-0.25, -0.2) is 0 Å². The summed E-state index contributed by atoms with van der Waals surface area (Å²) in [7, 11) is 5.29. The minimum atomic E-state index is 0.250. The van der Waals surface area contributed by atoms with Gasteiger partial charge in [0.25, 0.3) is 0 Å². The molecule has 0 atom stereocenters. The molecule has 0 fully saturated rings. The van der Waals surface area contributed by atoms with Crippen LogP contribution in [0.5, 0.6) is 11.5 Å². The average molecular weight is 239 g/mol. The molecule has 1 rings (SSSR count). The lowest BCUT2D eigenvalue weighted by Crippen LogP contribution is -2.18. The molecule has 0 bridgehead atoms. The van der Waals surface area contributed by atoms with E-state index in [2.05, 4.69) is 4.90 Å². The van der Waals surface area contributed by atoms with Gasteiger partial charge in [0.15, 0.2) is 11.5 Å². The topological polar surface area (TPSA) is 41.9 Å². The van der Waals surface area contributed by atoms with Gasteiger partial charge >= 0.3 is 0 Å². The normalized spacial score (nSPS) is 10.1. The summed E-state index contributed by atoms with van der Waals surface area (Å²) in [4.78, 5) is 2.14. The first kappa shape index (κ1) is 13.6. The summed E-state index contributed by atoms with van der Waals surface area (Å²) in [5.41, 5.74) is 1.08. The van der Waals surface area contributed by atoms with Gasteiger partial charge in [-0.05, 0) is 25.0 Å². The third kappa shape index (κ3) is 3.82. The van der Waals surface area contributed by atoms with E-state index in [1.165, 1.54) is 0 Å². The molecule has 0 aliphatic rings. The highest BCUT2D eigenvalue weighted by molar-refractivity contribution is 5.55. The van der Waals surface area contributed by atoms with Gasteiger partial charge in [0.05, 0.1) is 14.2 Å². The summed E-state index contributed by atoms with van der Waals surface area (Å²) in [5, 5.41) is 8.75. The smallest absolute Gasteiger partial charge is 0.162 e. The van der Waals surface area contributed by atoms with Crippen LogP contribution in [0.3, 0.4) is 0 Å². The zero-order chi connectivity index (χ0) is 12.7. The molecule has 1 aromatic rings. The van der Waals surface area contributed by atoms with Gasteiger partial charge in [-0.2, -0.15) is 0 Å². The fraction of sp³-hybridized carbons (Fsp3) is 0.538. The Balaban J connectivity index is 2.70. The molecule has 0 saturated carbocycles. The van der Waals surface area contributed by atoms with Crippen LogP contribution in [-0.2, 0) is 0 Å². The van der Waals surface area contributed by atoms with E-state index in [0.717, 1.165) is 36.6 Å². The molecule has 1 N–H and O–H groups in total. The Kier molecular flexibility index (Phi) is 5.63. The number of rotatable bonds is 7. The Morgan fingerprint density at radius 1 is 1.12 bits per heavy atom. The molecule has 0 radical (unpaired) electrons. The second-order valence-electron chi connectivity index (χ2n) is 3.89. The van der Waals surface area contributed by atoms with Gasteiger partial charge < -0.3 is 19.5 Å². The monoisotopic (exact) mass is 239 g/mol. The zero-order valence-corrected chi connectivity index (χ0v) is 10.8. The van der Waals surface area contributed by atoms with E-state index in [9.17, 15) is 0 Å². The largest absolute Gasteiger partial charge is 0.493 e. The molecule has 0 aromatic heterocycles. The lowest BCUT2D eigenvalue weighted by atomic mass is 10.2. The Morgan fingerprint density at radius 2 is 1.82 bits per heavy atom. The van der Waals surface area contributed by atoms with Crippen LogP contribution >= 0.6 is 0 Å². The Hall–Kier alpha value is -1.42. The van der Waals surface area contributed by atoms with E-state index in [1.54, 1.807) is 14.2 Å². The number of aliphatic hydroxyl groups is 1. The van der Waals surface area contributed by atoms with Crippen molar-refractivity contribution in [1.82, 2.24) is 0 Å². The van der Waals surface area contributed by atoms with Crippen LogP contribution in [0.15, 0.2) is 18.2 Å². The number of aliphatic hydroxyl groups excluding tert-OH is 1. The summed E-state index contributed by atoms with van der Waals surface area (Å²) in [6, 6.07) is 5.86. The SMILES string of the molecule is COc1ccc(N(C)CCCCO)cc1OC. The summed E-state index contributed by atoms with van der Waals surface area (Å²) in [6.45, 7) is 1.16. The molecule has 0 heterocycles. The fourth-order valence-electron chi connectivity index (χ4n) is 1.65. The van der Waals surface area contributed by atoms with Gasteiger partial charge in [-0.3, -0.25) is 0 Å². The highest BCUT2D eigenvalue weighted by Gasteiger charge is 2.07. The number of anilines is 1. The number of benzene rings is 1. The average Bonchev–Trinajstić information content (AvgIpc) is 2.38. The molecule has 4 heteroatoms. The number of methoxy groups -OCH3 is 2. The van der Waals surface area contributed by atoms with Crippen molar-refractivity contribution in [2.24, 2.45) is 0 Å². The van der Waals surface area contributed by atoms with Gasteiger partial charge in [0.1, 0.15) is 0 Å². The van der Waals surface area contributed by atoms with E-state index in [4.69, 9.17) is 14.6 Å². The van der Waals surface area contributed by atoms with E-state index in [0.29, 0.717) is 0 Å². The van der Waals surface area contributed by atoms with Crippen molar-refractivity contribution >= 4 is 5.69 Å². The van der Waals surface area contributed by atoms with Gasteiger partial charge in [0, 0.05) is 32.0 Å². The highest BCUT2D eigenvalue weighted by atomic mass is 16.5. The zero-order valence-electron chi connectivity index (χ0n) is 10.8. The number of ether oxygens (including phenoxy) is 2. The van der Waals surface area contributed by atoms with Crippen molar-refractivity contribution in [3.05, 3.63) is 18.2 Å². The first-order valence-electron chi connectivity index (χ1n) is 5.77. The van der Waals surface area contributed by atoms with Crippen LogP contribution in [-0.4, -0.2) is 39.5 Å². The first-order valence-corrected chi connectivity index (χ1v) is 5.77. The van der Waals surface area contributed by atoms with Crippen LogP contribution in [0.4, 0.5) is 5.69 Å². The van der Waals surface area contributed by atoms with Crippen molar-refractivity contribution < 1.29 is 14.6 Å². The predicted octanol–water partition coefficient (Wildman–Crippen LogP) is 1.91. The molecule has 0 aliphatic carbocycles. The van der Waals surface area contributed by atoms with Crippen LogP contribution in [0.25, 0.3) is 0 Å². The number of hydrogen-bond acceptors (Lipinski definition) is 4. The summed E-state index contributed by atoms with van der Waals surface area (Å²) < 4.78 is 10.5. The van der Waals surface area contributed by atoms with E-state index in [-0.39, 0.29) is 6.61 Å². The van der Waals surface area contributed by atoms with Crippen molar-refractivity contribution in [1.29, 1.82) is 0 Å². The van der Waals surface area contributed by atoms with Crippen LogP contribution in [0, 0.1) is 0 Å². The molecule has 0 spiro atoms. The Labute approximate surface area is 103 Å². The third-order valence-corrected chi connectivity index (χ3v) is 2.71. The van der Waals surface area contributed by atoms with Crippen molar-refractivity contribution in [2.45, 2.75) is 12.8 Å². The molecule has 0 aliphatic heterocycles. The lowest BCUT2D eigenvalue weighted by Gasteiger charge is -2.20. The van der Waals surface area contributed by atoms with Crippen molar-refractivity contribution in [3.8, 4) is 11.5 Å². The number of nitrogens with zero attached hydrogens (tertiary/aromatic N) is 1. The molecular weight excluding hydrogens is 218 g/mol. The van der Waals surface area contributed by atoms with Gasteiger partial charge in [0.2, 0.25) is 0 Å². The number of hydrogen-bond donors (Lipinski definition) is 1. The summed E-state index contributed by atoms with van der Waals surface area (Å²) in [5.74, 6) is 1.47. The van der Waals surface area contributed by atoms with E-state index < -0.39 is 0 Å². The molecule has 1 aromatic carbocycles. The van der Waals surface area contributed by atoms with Gasteiger partial charge in [-0.1, -0.05) is 0 Å². The second kappa shape index (κ2) is 7.01. The molecule has 96 valence electrons. The van der Waals surface area contributed by atoms with Crippen molar-refractivity contribution in [2.75, 3.05) is 39.3 Å². The molecular formula is C13H21NO3. The molecule has 0 saturated heterocycles. The standard InChI is InChI=1S/C13H21NO3/c1-14(8-4-5-9-15)11-6-7-12(16-2)13(10-11)17-3/h6-7,10,15H,4-5,8-9H2,1-3H3. The van der Waals surface area contributed by atoms with Crippen LogP contribution in [0.2, 0.25) is 0 Å². The number of unbranched alkanes of at least 4 members (excludes halogenated alkanes) is 1. The quantitative estimate of drug-likeness (QED) is 0.738. The minimum Gasteiger partial charge on any atom is -0.493 e. The third-order valence-electron chi connectivity index (χ3n) is 2.71. The Morgan fingerprint density at radius 3 is 2.41 bits per heavy atom. The maximum absolute atomic E-state index is 8.75. The second-order valence-corrected chi connectivity index (χ2v) is 3.89. The Bertz CT molecular complexity index is 341. The van der Waals surface area contributed by atoms with E-state index in [1.807, 2.05) is 25.2 Å². The van der Waals surface area contributed by atoms with Crippen LogP contribution < -0.4 is 14.4 Å². The van der Waals surface area contributed by atoms with E-state index >= 15 is 0 Å². The maximum atomic E-state index is 8.75. The molecule has 4 nitrogen and oxygen atoms in total. The van der Waals surface area contributed by atoms with Crippen LogP contribution in [0.1, 0.15) is 12.8 Å². The lowest BCUT2D eigenvalue weighted by molar-refractivity contribution is 0.285. The molecule has 0 amide bonds. The molecule has 17 heavy (non-hydrogen) atoms. The minimum absolute atomic E-state index is 0.250. The molecule has 0 unspecified atom stereocenters. The maximum Gasteiger partial charge on any atom is 0.162 e. The summed E-state index contributed by atoms with van der Waals surface area (Å²) >= 11 is 0. The van der Waals surface area contributed by atoms with Gasteiger partial charge in [-0.15, -0.1) is 0 Å². The first-order chi connectivity index (χ1) is 8.22. The van der Waals surface area contributed by atoms with Crippen molar-refractivity contribution in [3.63, 3.8) is 0 Å². The summed E-state index contributed by atoms with van der Waals surface area (Å²) in [6.07, 6.45) is 1.80. The fourth-order valence-corrected chi connectivity index (χ4v) is 1.65.